The van der Waals surface area contributed by atoms with Gasteiger partial charge in [-0.3, -0.25) is 0 Å². The van der Waals surface area contributed by atoms with E-state index < -0.39 is 5.67 Å². The van der Waals surface area contributed by atoms with E-state index in [4.69, 9.17) is 0 Å². The van der Waals surface area contributed by atoms with E-state index in [-0.39, 0.29) is 0 Å². The van der Waals surface area contributed by atoms with Crippen molar-refractivity contribution in [2.45, 2.75) is 57.5 Å². The van der Waals surface area contributed by atoms with E-state index in [1.165, 1.54) is 12.8 Å². The van der Waals surface area contributed by atoms with Crippen molar-refractivity contribution in [1.82, 2.24) is 0 Å². The van der Waals surface area contributed by atoms with Crippen molar-refractivity contribution in [3.05, 3.63) is 0 Å². The summed E-state index contributed by atoms with van der Waals surface area (Å²) in [6.45, 7) is 2.14. The molecule has 0 bridgehead atoms. The molecule has 0 aromatic rings. The number of unbranched alkanes of at least 4 members (excludes halogenated alkanes) is 2. The summed E-state index contributed by atoms with van der Waals surface area (Å²) in [4.78, 5) is 0. The highest BCUT2D eigenvalue weighted by Gasteiger charge is 2.65. The number of fused-ring (bicyclic) bond motifs is 1. The third kappa shape index (κ3) is 1.67. The first-order valence-electron chi connectivity index (χ1n) is 5.98. The zero-order valence-electron chi connectivity index (χ0n) is 8.98. The van der Waals surface area contributed by atoms with Gasteiger partial charge < -0.3 is 0 Å². The lowest BCUT2D eigenvalue weighted by Crippen LogP contribution is -2.00. The maximum absolute atomic E-state index is 14.1. The standard InChI is InChI=1S/C13H19F/c1-2-3-4-7-10-13(14)11-8-5-6-9-12(11)13/h11-12H,2-6,8-9H2,1H3/t11-,12+,13?. The van der Waals surface area contributed by atoms with Gasteiger partial charge in [0.2, 0.25) is 0 Å². The molecule has 1 heteroatoms. The fourth-order valence-electron chi connectivity index (χ4n) is 2.70. The average molecular weight is 194 g/mol. The highest BCUT2D eigenvalue weighted by atomic mass is 19.1. The molecule has 1 unspecified atom stereocenters. The molecule has 0 aromatic heterocycles. The molecule has 14 heavy (non-hydrogen) atoms. The fraction of sp³-hybridized carbons (Fsp3) is 0.846. The smallest absolute Gasteiger partial charge is 0.177 e. The summed E-state index contributed by atoms with van der Waals surface area (Å²) in [6.07, 6.45) is 7.71. The molecule has 2 aliphatic carbocycles. The number of alkyl halides is 1. The average Bonchev–Trinajstić information content (AvgIpc) is 2.81. The van der Waals surface area contributed by atoms with E-state index in [2.05, 4.69) is 18.8 Å². The van der Waals surface area contributed by atoms with Crippen LogP contribution >= 0.6 is 0 Å². The monoisotopic (exact) mass is 194 g/mol. The van der Waals surface area contributed by atoms with E-state index in [1.54, 1.807) is 0 Å². The Labute approximate surface area is 86.3 Å². The topological polar surface area (TPSA) is 0 Å². The van der Waals surface area contributed by atoms with Crippen LogP contribution in [0, 0.1) is 23.7 Å². The Morgan fingerprint density at radius 1 is 1.29 bits per heavy atom. The van der Waals surface area contributed by atoms with E-state index in [0.29, 0.717) is 11.8 Å². The molecule has 2 aliphatic rings. The van der Waals surface area contributed by atoms with Gasteiger partial charge in [-0.1, -0.05) is 38.0 Å². The van der Waals surface area contributed by atoms with Crippen LogP contribution in [-0.2, 0) is 0 Å². The molecule has 0 nitrogen and oxygen atoms in total. The summed E-state index contributed by atoms with van der Waals surface area (Å²) >= 11 is 0. The molecular formula is C13H19F. The maximum Gasteiger partial charge on any atom is 0.177 e. The van der Waals surface area contributed by atoms with Crippen molar-refractivity contribution in [3.8, 4) is 11.8 Å². The zero-order chi connectivity index (χ0) is 10.0. The van der Waals surface area contributed by atoms with E-state index in [9.17, 15) is 4.39 Å². The Bertz CT molecular complexity index is 246. The molecule has 2 rings (SSSR count). The van der Waals surface area contributed by atoms with Gasteiger partial charge in [0.15, 0.2) is 5.67 Å². The molecular weight excluding hydrogens is 175 g/mol. The number of hydrogen-bond acceptors (Lipinski definition) is 0. The molecule has 0 N–H and O–H groups in total. The van der Waals surface area contributed by atoms with Crippen molar-refractivity contribution >= 4 is 0 Å². The van der Waals surface area contributed by atoms with Gasteiger partial charge in [0.1, 0.15) is 0 Å². The van der Waals surface area contributed by atoms with Crippen molar-refractivity contribution in [1.29, 1.82) is 0 Å². The van der Waals surface area contributed by atoms with Crippen molar-refractivity contribution in [2.75, 3.05) is 0 Å². The highest BCUT2D eigenvalue weighted by Crippen LogP contribution is 2.60. The molecule has 0 aromatic carbocycles. The second kappa shape index (κ2) is 3.93. The summed E-state index contributed by atoms with van der Waals surface area (Å²) < 4.78 is 14.1. The van der Waals surface area contributed by atoms with Crippen LogP contribution in [-0.4, -0.2) is 5.67 Å². The molecule has 0 spiro atoms. The molecule has 3 atom stereocenters. The Morgan fingerprint density at radius 3 is 2.50 bits per heavy atom. The first-order chi connectivity index (χ1) is 6.79. The van der Waals surface area contributed by atoms with Crippen LogP contribution in [0.4, 0.5) is 4.39 Å². The molecule has 0 radical (unpaired) electrons. The Hall–Kier alpha value is -0.510. The minimum atomic E-state index is -1.07. The van der Waals surface area contributed by atoms with Crippen LogP contribution in [0.15, 0.2) is 0 Å². The SMILES string of the molecule is CCCCC#CC1(F)[C@@H]2CCCC[C@@H]21. The quantitative estimate of drug-likeness (QED) is 0.464. The molecule has 0 heterocycles. The van der Waals surface area contributed by atoms with Crippen LogP contribution in [0.3, 0.4) is 0 Å². The summed E-state index contributed by atoms with van der Waals surface area (Å²) in [5.74, 6) is 6.51. The second-order valence-corrected chi connectivity index (χ2v) is 4.67. The van der Waals surface area contributed by atoms with E-state index in [1.807, 2.05) is 0 Å². The highest BCUT2D eigenvalue weighted by molar-refractivity contribution is 5.31. The summed E-state index contributed by atoms with van der Waals surface area (Å²) in [5, 5.41) is 0. The zero-order valence-corrected chi connectivity index (χ0v) is 8.98. The van der Waals surface area contributed by atoms with E-state index in [0.717, 1.165) is 32.1 Å². The number of halogens is 1. The molecule has 2 saturated carbocycles. The van der Waals surface area contributed by atoms with Crippen molar-refractivity contribution < 1.29 is 4.39 Å². The predicted molar refractivity (Wildman–Crippen MR) is 56.6 cm³/mol. The van der Waals surface area contributed by atoms with Gasteiger partial charge in [-0.15, -0.1) is 0 Å². The Morgan fingerprint density at radius 2 is 1.93 bits per heavy atom. The largest absolute Gasteiger partial charge is 0.229 e. The lowest BCUT2D eigenvalue weighted by Gasteiger charge is -2.03. The normalized spacial score (nSPS) is 39.6. The van der Waals surface area contributed by atoms with Gasteiger partial charge in [0, 0.05) is 18.3 Å². The third-order valence-corrected chi connectivity index (χ3v) is 3.67. The van der Waals surface area contributed by atoms with Crippen LogP contribution < -0.4 is 0 Å². The molecule has 78 valence electrons. The lowest BCUT2D eigenvalue weighted by molar-refractivity contribution is 0.345. The van der Waals surface area contributed by atoms with Crippen molar-refractivity contribution in [3.63, 3.8) is 0 Å². The first kappa shape index (κ1) is 10.0. The first-order valence-corrected chi connectivity index (χ1v) is 5.98. The van der Waals surface area contributed by atoms with Gasteiger partial charge >= 0.3 is 0 Å². The van der Waals surface area contributed by atoms with Gasteiger partial charge in [-0.05, 0) is 19.3 Å². The van der Waals surface area contributed by atoms with Crippen LogP contribution in [0.1, 0.15) is 51.9 Å². The van der Waals surface area contributed by atoms with Gasteiger partial charge in [0.25, 0.3) is 0 Å². The predicted octanol–water partition coefficient (Wildman–Crippen LogP) is 3.71. The maximum atomic E-state index is 14.1. The van der Waals surface area contributed by atoms with Crippen molar-refractivity contribution in [2.24, 2.45) is 11.8 Å². The Balaban J connectivity index is 1.87. The van der Waals surface area contributed by atoms with E-state index >= 15 is 0 Å². The van der Waals surface area contributed by atoms with Crippen LogP contribution in [0.5, 0.6) is 0 Å². The molecule has 2 fully saturated rings. The van der Waals surface area contributed by atoms with Gasteiger partial charge in [-0.25, -0.2) is 4.39 Å². The third-order valence-electron chi connectivity index (χ3n) is 3.67. The summed E-state index contributed by atoms with van der Waals surface area (Å²) in [7, 11) is 0. The minimum Gasteiger partial charge on any atom is -0.229 e. The summed E-state index contributed by atoms with van der Waals surface area (Å²) in [5.41, 5.74) is -1.07. The molecule has 0 saturated heterocycles. The second-order valence-electron chi connectivity index (χ2n) is 4.67. The number of hydrogen-bond donors (Lipinski definition) is 0. The lowest BCUT2D eigenvalue weighted by atomic mass is 10.0. The van der Waals surface area contributed by atoms with Crippen LogP contribution in [0.2, 0.25) is 0 Å². The molecule has 0 aliphatic heterocycles. The minimum absolute atomic E-state index is 0.297. The molecule has 0 amide bonds. The fourth-order valence-corrected chi connectivity index (χ4v) is 2.70. The van der Waals surface area contributed by atoms with Crippen LogP contribution in [0.25, 0.3) is 0 Å². The number of rotatable bonds is 2. The van der Waals surface area contributed by atoms with Gasteiger partial charge in [0.05, 0.1) is 0 Å². The Kier molecular flexibility index (Phi) is 2.81. The van der Waals surface area contributed by atoms with Gasteiger partial charge in [-0.2, -0.15) is 0 Å². The summed E-state index contributed by atoms with van der Waals surface area (Å²) in [6, 6.07) is 0.